The minimum absolute atomic E-state index is 0.287. The Labute approximate surface area is 141 Å². The number of aromatic nitrogens is 2. The first-order valence-corrected chi connectivity index (χ1v) is 8.31. The van der Waals surface area contributed by atoms with E-state index in [0.29, 0.717) is 11.6 Å². The van der Waals surface area contributed by atoms with E-state index in [9.17, 15) is 10.4 Å². The smallest absolute Gasteiger partial charge is 0.146 e. The summed E-state index contributed by atoms with van der Waals surface area (Å²) in [5.41, 5.74) is 1.58. The van der Waals surface area contributed by atoms with E-state index in [0.717, 1.165) is 56.4 Å². The fraction of sp³-hybridized carbons (Fsp3) is 0.389. The highest BCUT2D eigenvalue weighted by molar-refractivity contribution is 5.51. The van der Waals surface area contributed by atoms with Crippen molar-refractivity contribution in [2.45, 2.75) is 18.8 Å². The molecule has 2 fully saturated rings. The van der Waals surface area contributed by atoms with E-state index >= 15 is 0 Å². The van der Waals surface area contributed by atoms with Gasteiger partial charge in [0.2, 0.25) is 0 Å². The molecule has 1 aromatic carbocycles. The molecule has 2 aromatic rings. The van der Waals surface area contributed by atoms with E-state index in [1.165, 1.54) is 0 Å². The highest BCUT2D eigenvalue weighted by Crippen LogP contribution is 2.38. The molecule has 6 heteroatoms. The minimum Gasteiger partial charge on any atom is -0.508 e. The highest BCUT2D eigenvalue weighted by atomic mass is 16.3. The molecule has 2 heterocycles. The van der Waals surface area contributed by atoms with Crippen LogP contribution in [0, 0.1) is 11.3 Å². The molecule has 1 saturated heterocycles. The van der Waals surface area contributed by atoms with Crippen molar-refractivity contribution in [2.24, 2.45) is 0 Å². The SMILES string of the molecule is N#Cc1cc(N2CCN(c3ccc(O)cc3)CC2)nc(C2CC2)n1. The van der Waals surface area contributed by atoms with Crippen LogP contribution in [0.3, 0.4) is 0 Å². The molecule has 2 aliphatic rings. The van der Waals surface area contributed by atoms with E-state index in [2.05, 4.69) is 25.8 Å². The first-order valence-electron chi connectivity index (χ1n) is 8.31. The Hall–Kier alpha value is -2.81. The van der Waals surface area contributed by atoms with Crippen LogP contribution in [0.5, 0.6) is 5.75 Å². The molecular formula is C18H19N5O. The van der Waals surface area contributed by atoms with Gasteiger partial charge in [-0.3, -0.25) is 0 Å². The third-order valence-electron chi connectivity index (χ3n) is 4.61. The molecule has 0 bridgehead atoms. The number of rotatable bonds is 3. The Morgan fingerprint density at radius 1 is 1.00 bits per heavy atom. The summed E-state index contributed by atoms with van der Waals surface area (Å²) >= 11 is 0. The number of hydrogen-bond acceptors (Lipinski definition) is 6. The molecule has 1 aliphatic heterocycles. The van der Waals surface area contributed by atoms with Crippen LogP contribution in [0.1, 0.15) is 30.3 Å². The number of hydrogen-bond donors (Lipinski definition) is 1. The van der Waals surface area contributed by atoms with Crippen LogP contribution in [-0.4, -0.2) is 41.3 Å². The number of nitriles is 1. The van der Waals surface area contributed by atoms with Crippen LogP contribution >= 0.6 is 0 Å². The van der Waals surface area contributed by atoms with Crippen molar-refractivity contribution >= 4 is 11.5 Å². The fourth-order valence-electron chi connectivity index (χ4n) is 3.05. The van der Waals surface area contributed by atoms with Crippen molar-refractivity contribution in [1.82, 2.24) is 9.97 Å². The summed E-state index contributed by atoms with van der Waals surface area (Å²) in [6, 6.07) is 11.3. The highest BCUT2D eigenvalue weighted by Gasteiger charge is 2.28. The fourth-order valence-corrected chi connectivity index (χ4v) is 3.05. The molecular weight excluding hydrogens is 302 g/mol. The molecule has 1 aromatic heterocycles. The van der Waals surface area contributed by atoms with Crippen molar-refractivity contribution in [3.63, 3.8) is 0 Å². The zero-order chi connectivity index (χ0) is 16.5. The minimum atomic E-state index is 0.287. The van der Waals surface area contributed by atoms with Crippen molar-refractivity contribution in [3.05, 3.63) is 41.9 Å². The molecule has 0 unspecified atom stereocenters. The maximum Gasteiger partial charge on any atom is 0.146 e. The van der Waals surface area contributed by atoms with Gasteiger partial charge in [-0.15, -0.1) is 0 Å². The van der Waals surface area contributed by atoms with Gasteiger partial charge in [0.25, 0.3) is 0 Å². The molecule has 0 amide bonds. The van der Waals surface area contributed by atoms with Crippen LogP contribution in [0.25, 0.3) is 0 Å². The number of anilines is 2. The van der Waals surface area contributed by atoms with E-state index in [-0.39, 0.29) is 5.75 Å². The zero-order valence-corrected chi connectivity index (χ0v) is 13.4. The average molecular weight is 321 g/mol. The Kier molecular flexibility index (Phi) is 3.69. The van der Waals surface area contributed by atoms with Crippen LogP contribution < -0.4 is 9.80 Å². The Morgan fingerprint density at radius 2 is 1.67 bits per heavy atom. The van der Waals surface area contributed by atoms with E-state index < -0.39 is 0 Å². The molecule has 0 spiro atoms. The monoisotopic (exact) mass is 321 g/mol. The molecule has 1 saturated carbocycles. The van der Waals surface area contributed by atoms with Gasteiger partial charge in [0.15, 0.2) is 0 Å². The lowest BCUT2D eigenvalue weighted by molar-refractivity contribution is 0.475. The maximum atomic E-state index is 9.40. The Morgan fingerprint density at radius 3 is 2.29 bits per heavy atom. The summed E-state index contributed by atoms with van der Waals surface area (Å²) in [4.78, 5) is 13.6. The van der Waals surface area contributed by atoms with Gasteiger partial charge in [-0.05, 0) is 37.1 Å². The van der Waals surface area contributed by atoms with Crippen LogP contribution in [0.4, 0.5) is 11.5 Å². The van der Waals surface area contributed by atoms with E-state index in [1.54, 1.807) is 18.2 Å². The van der Waals surface area contributed by atoms with Gasteiger partial charge in [0.1, 0.15) is 29.2 Å². The van der Waals surface area contributed by atoms with Crippen molar-refractivity contribution < 1.29 is 5.11 Å². The second-order valence-electron chi connectivity index (χ2n) is 6.35. The summed E-state index contributed by atoms with van der Waals surface area (Å²) in [5, 5.41) is 18.6. The van der Waals surface area contributed by atoms with Gasteiger partial charge in [-0.2, -0.15) is 5.26 Å². The second-order valence-corrected chi connectivity index (χ2v) is 6.35. The quantitative estimate of drug-likeness (QED) is 0.934. The topological polar surface area (TPSA) is 76.3 Å². The largest absolute Gasteiger partial charge is 0.508 e. The second kappa shape index (κ2) is 6.00. The number of aromatic hydroxyl groups is 1. The van der Waals surface area contributed by atoms with Crippen molar-refractivity contribution in [2.75, 3.05) is 36.0 Å². The standard InChI is InChI=1S/C18H19N5O/c19-12-14-11-17(21-18(20-14)13-1-2-13)23-9-7-22(8-10-23)15-3-5-16(24)6-4-15/h3-6,11,13,24H,1-2,7-10H2. The summed E-state index contributed by atoms with van der Waals surface area (Å²) in [7, 11) is 0. The first kappa shape index (κ1) is 14.8. The predicted octanol–water partition coefficient (Wildman–Crippen LogP) is 2.26. The molecule has 0 atom stereocenters. The normalized spacial score (nSPS) is 17.6. The molecule has 1 N–H and O–H groups in total. The molecule has 4 rings (SSSR count). The zero-order valence-electron chi connectivity index (χ0n) is 13.4. The lowest BCUT2D eigenvalue weighted by Crippen LogP contribution is -2.47. The first-order chi connectivity index (χ1) is 11.7. The Balaban J connectivity index is 1.48. The number of benzene rings is 1. The summed E-state index contributed by atoms with van der Waals surface area (Å²) in [6.07, 6.45) is 2.26. The van der Waals surface area contributed by atoms with Gasteiger partial charge >= 0.3 is 0 Å². The van der Waals surface area contributed by atoms with Gasteiger partial charge in [0, 0.05) is 43.9 Å². The van der Waals surface area contributed by atoms with E-state index in [4.69, 9.17) is 0 Å². The number of nitrogens with zero attached hydrogens (tertiary/aromatic N) is 5. The van der Waals surface area contributed by atoms with Crippen LogP contribution in [0.2, 0.25) is 0 Å². The van der Waals surface area contributed by atoms with Crippen LogP contribution in [-0.2, 0) is 0 Å². The lowest BCUT2D eigenvalue weighted by Gasteiger charge is -2.36. The molecule has 1 aliphatic carbocycles. The lowest BCUT2D eigenvalue weighted by atomic mass is 10.2. The van der Waals surface area contributed by atoms with Gasteiger partial charge in [-0.1, -0.05) is 0 Å². The third kappa shape index (κ3) is 2.98. The molecule has 122 valence electrons. The summed E-state index contributed by atoms with van der Waals surface area (Å²) in [5.74, 6) is 2.42. The van der Waals surface area contributed by atoms with E-state index in [1.807, 2.05) is 12.1 Å². The number of phenolic OH excluding ortho intramolecular Hbond substituents is 1. The summed E-state index contributed by atoms with van der Waals surface area (Å²) < 4.78 is 0. The average Bonchev–Trinajstić information content (AvgIpc) is 3.47. The predicted molar refractivity (Wildman–Crippen MR) is 91.3 cm³/mol. The molecule has 6 nitrogen and oxygen atoms in total. The van der Waals surface area contributed by atoms with Crippen molar-refractivity contribution in [3.8, 4) is 11.8 Å². The Bertz CT molecular complexity index is 771. The molecule has 24 heavy (non-hydrogen) atoms. The maximum absolute atomic E-state index is 9.40. The summed E-state index contributed by atoms with van der Waals surface area (Å²) in [6.45, 7) is 3.48. The van der Waals surface area contributed by atoms with Gasteiger partial charge in [0.05, 0.1) is 0 Å². The number of phenols is 1. The molecule has 0 radical (unpaired) electrons. The van der Waals surface area contributed by atoms with Gasteiger partial charge in [-0.25, -0.2) is 9.97 Å². The van der Waals surface area contributed by atoms with Crippen LogP contribution in [0.15, 0.2) is 30.3 Å². The van der Waals surface area contributed by atoms with Crippen molar-refractivity contribution in [1.29, 1.82) is 5.26 Å². The van der Waals surface area contributed by atoms with Gasteiger partial charge < -0.3 is 14.9 Å². The number of piperazine rings is 1. The third-order valence-corrected chi connectivity index (χ3v) is 4.61.